The lowest BCUT2D eigenvalue weighted by atomic mass is 9.80. The quantitative estimate of drug-likeness (QED) is 0.410. The fourth-order valence-corrected chi connectivity index (χ4v) is 3.70. The number of esters is 1. The minimum Gasteiger partial charge on any atom is -0.462 e. The van der Waals surface area contributed by atoms with Gasteiger partial charge in [-0.05, 0) is 29.3 Å². The van der Waals surface area contributed by atoms with E-state index in [4.69, 9.17) is 15.2 Å². The molecule has 7 nitrogen and oxygen atoms in total. The van der Waals surface area contributed by atoms with Crippen molar-refractivity contribution in [1.29, 1.82) is 0 Å². The van der Waals surface area contributed by atoms with Gasteiger partial charge in [-0.3, -0.25) is 10.1 Å². The van der Waals surface area contributed by atoms with E-state index < -0.39 is 16.8 Å². The van der Waals surface area contributed by atoms with Crippen LogP contribution < -0.4 is 10.5 Å². The van der Waals surface area contributed by atoms with Crippen LogP contribution in [0, 0.1) is 10.1 Å². The first-order valence-electron chi connectivity index (χ1n) is 9.12. The fourth-order valence-electron chi connectivity index (χ4n) is 3.70. The summed E-state index contributed by atoms with van der Waals surface area (Å²) in [5.74, 6) is -0.836. The summed E-state index contributed by atoms with van der Waals surface area (Å²) < 4.78 is 11.0. The van der Waals surface area contributed by atoms with E-state index in [1.165, 1.54) is 12.1 Å². The molecule has 29 heavy (non-hydrogen) atoms. The molecule has 3 aromatic carbocycles. The number of rotatable bonds is 4. The molecule has 0 fully saturated rings. The SMILES string of the molecule is CCOC(=O)C1=C(N)Oc2ccc3ccccc3c2[C@H]1c1cccc([N+](=O)[O-])c1. The van der Waals surface area contributed by atoms with E-state index in [1.807, 2.05) is 30.3 Å². The lowest BCUT2D eigenvalue weighted by molar-refractivity contribution is -0.384. The summed E-state index contributed by atoms with van der Waals surface area (Å²) in [6, 6.07) is 17.6. The molecule has 0 aliphatic carbocycles. The maximum Gasteiger partial charge on any atom is 0.340 e. The van der Waals surface area contributed by atoms with Crippen molar-refractivity contribution in [3.63, 3.8) is 0 Å². The molecule has 4 rings (SSSR count). The molecule has 7 heteroatoms. The Balaban J connectivity index is 2.02. The number of carbonyl (C=O) groups is 1. The molecule has 0 saturated heterocycles. The zero-order valence-electron chi connectivity index (χ0n) is 15.6. The van der Waals surface area contributed by atoms with Gasteiger partial charge in [-0.25, -0.2) is 4.79 Å². The lowest BCUT2D eigenvalue weighted by Gasteiger charge is -2.29. The average molecular weight is 390 g/mol. The summed E-state index contributed by atoms with van der Waals surface area (Å²) in [7, 11) is 0. The van der Waals surface area contributed by atoms with Crippen LogP contribution in [0.1, 0.15) is 24.0 Å². The molecule has 1 aliphatic heterocycles. The lowest BCUT2D eigenvalue weighted by Crippen LogP contribution is -2.27. The van der Waals surface area contributed by atoms with Crippen molar-refractivity contribution in [2.45, 2.75) is 12.8 Å². The predicted molar refractivity (Wildman–Crippen MR) is 107 cm³/mol. The number of nitrogens with zero attached hydrogens (tertiary/aromatic N) is 1. The van der Waals surface area contributed by atoms with Crippen LogP contribution in [0.4, 0.5) is 5.69 Å². The highest BCUT2D eigenvalue weighted by atomic mass is 16.6. The Labute approximate surface area is 166 Å². The van der Waals surface area contributed by atoms with Gasteiger partial charge >= 0.3 is 5.97 Å². The second-order valence-electron chi connectivity index (χ2n) is 6.58. The first kappa shape index (κ1) is 18.5. The molecule has 0 spiro atoms. The molecular weight excluding hydrogens is 372 g/mol. The van der Waals surface area contributed by atoms with Crippen LogP contribution in [0.3, 0.4) is 0 Å². The number of hydrogen-bond acceptors (Lipinski definition) is 6. The number of hydrogen-bond donors (Lipinski definition) is 1. The fraction of sp³-hybridized carbons (Fsp3) is 0.136. The average Bonchev–Trinajstić information content (AvgIpc) is 2.72. The van der Waals surface area contributed by atoms with Gasteiger partial charge in [0, 0.05) is 17.7 Å². The maximum absolute atomic E-state index is 12.8. The largest absolute Gasteiger partial charge is 0.462 e. The zero-order chi connectivity index (χ0) is 20.5. The standard InChI is InChI=1S/C22H18N2O5/c1-2-28-22(25)20-18(14-7-5-8-15(12-14)24(26)27)19-16-9-4-3-6-13(16)10-11-17(19)29-21(20)23/h3-12,18H,2,23H2,1H3/t18-/m1/s1. The van der Waals surface area contributed by atoms with Gasteiger partial charge in [-0.15, -0.1) is 0 Å². The van der Waals surface area contributed by atoms with Crippen LogP contribution in [-0.4, -0.2) is 17.5 Å². The molecule has 0 radical (unpaired) electrons. The molecule has 146 valence electrons. The second kappa shape index (κ2) is 7.27. The number of non-ortho nitro benzene ring substituents is 1. The highest BCUT2D eigenvalue weighted by molar-refractivity contribution is 5.97. The van der Waals surface area contributed by atoms with Crippen LogP contribution in [-0.2, 0) is 9.53 Å². The number of carbonyl (C=O) groups excluding carboxylic acids is 1. The Kier molecular flexibility index (Phi) is 4.64. The predicted octanol–water partition coefficient (Wildman–Crippen LogP) is 4.01. The molecule has 1 heterocycles. The number of nitrogens with two attached hydrogens (primary N) is 1. The van der Waals surface area contributed by atoms with Gasteiger partial charge in [0.25, 0.3) is 5.69 Å². The number of ether oxygens (including phenoxy) is 2. The molecule has 2 N–H and O–H groups in total. The summed E-state index contributed by atoms with van der Waals surface area (Å²) in [6.45, 7) is 1.86. The van der Waals surface area contributed by atoms with Crippen LogP contribution in [0.5, 0.6) is 5.75 Å². The Morgan fingerprint density at radius 3 is 2.72 bits per heavy atom. The topological polar surface area (TPSA) is 105 Å². The van der Waals surface area contributed by atoms with Crippen molar-refractivity contribution in [3.05, 3.63) is 93.4 Å². The molecule has 3 aromatic rings. The summed E-state index contributed by atoms with van der Waals surface area (Å²) in [5, 5.41) is 13.2. The van der Waals surface area contributed by atoms with Gasteiger partial charge in [0.15, 0.2) is 0 Å². The third kappa shape index (κ3) is 3.16. The summed E-state index contributed by atoms with van der Waals surface area (Å²) in [4.78, 5) is 23.6. The van der Waals surface area contributed by atoms with Crippen molar-refractivity contribution >= 4 is 22.4 Å². The molecule has 0 bridgehead atoms. The molecule has 0 amide bonds. The van der Waals surface area contributed by atoms with Crippen LogP contribution in [0.2, 0.25) is 0 Å². The van der Waals surface area contributed by atoms with E-state index in [0.29, 0.717) is 11.3 Å². The summed E-state index contributed by atoms with van der Waals surface area (Å²) in [6.07, 6.45) is 0. The van der Waals surface area contributed by atoms with E-state index in [1.54, 1.807) is 25.1 Å². The van der Waals surface area contributed by atoms with E-state index in [0.717, 1.165) is 16.3 Å². The Hall–Kier alpha value is -3.87. The Bertz CT molecular complexity index is 1170. The minimum absolute atomic E-state index is 0.0669. The van der Waals surface area contributed by atoms with Crippen LogP contribution in [0.25, 0.3) is 10.8 Å². The van der Waals surface area contributed by atoms with E-state index >= 15 is 0 Å². The van der Waals surface area contributed by atoms with E-state index in [-0.39, 0.29) is 23.8 Å². The molecule has 0 unspecified atom stereocenters. The Morgan fingerprint density at radius 2 is 1.97 bits per heavy atom. The van der Waals surface area contributed by atoms with Crippen molar-refractivity contribution < 1.29 is 19.2 Å². The highest BCUT2D eigenvalue weighted by Crippen LogP contribution is 2.46. The Morgan fingerprint density at radius 1 is 1.17 bits per heavy atom. The summed E-state index contributed by atoms with van der Waals surface area (Å²) >= 11 is 0. The molecule has 0 saturated carbocycles. The first-order chi connectivity index (χ1) is 14.0. The molecule has 1 aliphatic rings. The third-order valence-electron chi connectivity index (χ3n) is 4.90. The van der Waals surface area contributed by atoms with E-state index in [9.17, 15) is 14.9 Å². The molecular formula is C22H18N2O5. The third-order valence-corrected chi connectivity index (χ3v) is 4.90. The summed E-state index contributed by atoms with van der Waals surface area (Å²) in [5.41, 5.74) is 7.47. The van der Waals surface area contributed by atoms with Crippen molar-refractivity contribution in [1.82, 2.24) is 0 Å². The normalized spacial score (nSPS) is 15.6. The number of fused-ring (bicyclic) bond motifs is 3. The van der Waals surface area contributed by atoms with Gasteiger partial charge in [0.2, 0.25) is 5.88 Å². The number of nitro groups is 1. The van der Waals surface area contributed by atoms with Crippen LogP contribution in [0.15, 0.2) is 72.1 Å². The molecule has 0 aromatic heterocycles. The second-order valence-corrected chi connectivity index (χ2v) is 6.58. The molecule has 1 atom stereocenters. The monoisotopic (exact) mass is 390 g/mol. The van der Waals surface area contributed by atoms with Crippen molar-refractivity contribution in [3.8, 4) is 5.75 Å². The van der Waals surface area contributed by atoms with Crippen molar-refractivity contribution in [2.24, 2.45) is 5.73 Å². The zero-order valence-corrected chi connectivity index (χ0v) is 15.6. The van der Waals surface area contributed by atoms with Gasteiger partial charge in [-0.1, -0.05) is 42.5 Å². The minimum atomic E-state index is -0.663. The van der Waals surface area contributed by atoms with Crippen molar-refractivity contribution in [2.75, 3.05) is 6.61 Å². The first-order valence-corrected chi connectivity index (χ1v) is 9.12. The maximum atomic E-state index is 12.8. The van der Waals surface area contributed by atoms with Gasteiger partial charge in [0.1, 0.15) is 11.3 Å². The number of nitro benzene ring substituents is 1. The van der Waals surface area contributed by atoms with Gasteiger partial charge < -0.3 is 15.2 Å². The highest BCUT2D eigenvalue weighted by Gasteiger charge is 2.37. The van der Waals surface area contributed by atoms with E-state index in [2.05, 4.69) is 0 Å². The number of benzene rings is 3. The van der Waals surface area contributed by atoms with Gasteiger partial charge in [-0.2, -0.15) is 0 Å². The van der Waals surface area contributed by atoms with Gasteiger partial charge in [0.05, 0.1) is 17.4 Å². The smallest absolute Gasteiger partial charge is 0.340 e. The van der Waals surface area contributed by atoms with Crippen LogP contribution >= 0.6 is 0 Å².